The van der Waals surface area contributed by atoms with Crippen LogP contribution in [0.3, 0.4) is 0 Å². The van der Waals surface area contributed by atoms with E-state index in [0.717, 1.165) is 30.3 Å². The third-order valence-electron chi connectivity index (χ3n) is 4.71. The van der Waals surface area contributed by atoms with Crippen molar-refractivity contribution in [2.24, 2.45) is 5.41 Å². The van der Waals surface area contributed by atoms with E-state index in [0.29, 0.717) is 11.8 Å². The molecule has 2 rings (SSSR count). The van der Waals surface area contributed by atoms with E-state index in [2.05, 4.69) is 42.0 Å². The minimum atomic E-state index is -0.291. The fourth-order valence-electron chi connectivity index (χ4n) is 3.36. The molecule has 0 aliphatic heterocycles. The molecule has 2 unspecified atom stereocenters. The Morgan fingerprint density at radius 3 is 2.65 bits per heavy atom. The van der Waals surface area contributed by atoms with Crippen molar-refractivity contribution < 1.29 is 9.13 Å². The van der Waals surface area contributed by atoms with E-state index >= 15 is 0 Å². The fraction of sp³-hybridized carbons (Fsp3) is 0.625. The SMILES string of the molecule is CCNC1CC(Oc2cc(Br)ccc2F)C1(CC)CC. The van der Waals surface area contributed by atoms with Crippen molar-refractivity contribution in [2.75, 3.05) is 6.54 Å². The van der Waals surface area contributed by atoms with Crippen LogP contribution in [-0.4, -0.2) is 18.7 Å². The standard InChI is InChI=1S/C16H23BrFNO/c1-4-16(5-2)14(19-6-3)10-15(16)20-13-9-11(17)7-8-12(13)18/h7-9,14-15,19H,4-6,10H2,1-3H3. The van der Waals surface area contributed by atoms with E-state index < -0.39 is 0 Å². The maximum atomic E-state index is 13.8. The summed E-state index contributed by atoms with van der Waals surface area (Å²) in [6.45, 7) is 7.48. The average Bonchev–Trinajstić information content (AvgIpc) is 2.43. The molecule has 1 saturated carbocycles. The highest BCUT2D eigenvalue weighted by molar-refractivity contribution is 9.10. The molecule has 2 nitrogen and oxygen atoms in total. The summed E-state index contributed by atoms with van der Waals surface area (Å²) in [5.41, 5.74) is 0.116. The van der Waals surface area contributed by atoms with Crippen LogP contribution in [0.4, 0.5) is 4.39 Å². The minimum absolute atomic E-state index is 0.0883. The third-order valence-corrected chi connectivity index (χ3v) is 5.21. The molecule has 1 aromatic rings. The van der Waals surface area contributed by atoms with E-state index in [1.807, 2.05) is 0 Å². The summed E-state index contributed by atoms with van der Waals surface area (Å²) < 4.78 is 20.7. The molecule has 20 heavy (non-hydrogen) atoms. The first-order chi connectivity index (χ1) is 9.57. The Kier molecular flexibility index (Phi) is 5.08. The highest BCUT2D eigenvalue weighted by atomic mass is 79.9. The van der Waals surface area contributed by atoms with Gasteiger partial charge in [0.25, 0.3) is 0 Å². The van der Waals surface area contributed by atoms with E-state index in [9.17, 15) is 4.39 Å². The summed E-state index contributed by atoms with van der Waals surface area (Å²) in [4.78, 5) is 0. The Labute approximate surface area is 129 Å². The molecule has 1 aromatic carbocycles. The van der Waals surface area contributed by atoms with Crippen molar-refractivity contribution in [1.82, 2.24) is 5.32 Å². The maximum Gasteiger partial charge on any atom is 0.165 e. The summed E-state index contributed by atoms with van der Waals surface area (Å²) in [6, 6.07) is 5.32. The maximum absolute atomic E-state index is 13.8. The first-order valence-corrected chi connectivity index (χ1v) is 8.21. The number of rotatable bonds is 6. The monoisotopic (exact) mass is 343 g/mol. The van der Waals surface area contributed by atoms with Crippen LogP contribution < -0.4 is 10.1 Å². The van der Waals surface area contributed by atoms with Crippen molar-refractivity contribution in [1.29, 1.82) is 0 Å². The van der Waals surface area contributed by atoms with Crippen molar-refractivity contribution in [3.05, 3.63) is 28.5 Å². The van der Waals surface area contributed by atoms with Crippen molar-refractivity contribution in [3.63, 3.8) is 0 Å². The van der Waals surface area contributed by atoms with Crippen LogP contribution in [-0.2, 0) is 0 Å². The summed E-state index contributed by atoms with van der Waals surface area (Å²) in [5, 5.41) is 3.53. The van der Waals surface area contributed by atoms with Gasteiger partial charge in [-0.05, 0) is 37.6 Å². The van der Waals surface area contributed by atoms with Crippen molar-refractivity contribution in [2.45, 2.75) is 52.2 Å². The van der Waals surface area contributed by atoms with Gasteiger partial charge in [-0.2, -0.15) is 0 Å². The molecule has 1 fully saturated rings. The highest BCUT2D eigenvalue weighted by Crippen LogP contribution is 2.49. The van der Waals surface area contributed by atoms with Gasteiger partial charge in [0.1, 0.15) is 6.10 Å². The number of ether oxygens (including phenoxy) is 1. The first-order valence-electron chi connectivity index (χ1n) is 7.42. The zero-order valence-corrected chi connectivity index (χ0v) is 14.0. The third kappa shape index (κ3) is 2.73. The van der Waals surface area contributed by atoms with Crippen LogP contribution in [0.25, 0.3) is 0 Å². The second kappa shape index (κ2) is 6.44. The van der Waals surface area contributed by atoms with E-state index in [1.54, 1.807) is 12.1 Å². The molecule has 112 valence electrons. The van der Waals surface area contributed by atoms with Crippen LogP contribution in [0.1, 0.15) is 40.0 Å². The Bertz CT molecular complexity index is 462. The molecule has 4 heteroatoms. The lowest BCUT2D eigenvalue weighted by Gasteiger charge is -2.55. The van der Waals surface area contributed by atoms with Crippen LogP contribution in [0.5, 0.6) is 5.75 Å². The summed E-state index contributed by atoms with van der Waals surface area (Å²) in [7, 11) is 0. The first kappa shape index (κ1) is 15.8. The van der Waals surface area contributed by atoms with Gasteiger partial charge in [0.15, 0.2) is 11.6 Å². The van der Waals surface area contributed by atoms with Crippen molar-refractivity contribution in [3.8, 4) is 5.75 Å². The van der Waals surface area contributed by atoms with Gasteiger partial charge in [-0.15, -0.1) is 0 Å². The summed E-state index contributed by atoms with van der Waals surface area (Å²) in [6.07, 6.45) is 3.12. The number of benzene rings is 1. The Morgan fingerprint density at radius 2 is 2.05 bits per heavy atom. The fourth-order valence-corrected chi connectivity index (χ4v) is 3.70. The second-order valence-corrected chi connectivity index (χ2v) is 6.38. The Hall–Kier alpha value is -0.610. The van der Waals surface area contributed by atoms with Crippen LogP contribution in [0.15, 0.2) is 22.7 Å². The molecule has 1 N–H and O–H groups in total. The van der Waals surface area contributed by atoms with Gasteiger partial charge in [-0.3, -0.25) is 0 Å². The molecule has 1 aliphatic rings. The van der Waals surface area contributed by atoms with Gasteiger partial charge >= 0.3 is 0 Å². The van der Waals surface area contributed by atoms with Crippen molar-refractivity contribution >= 4 is 15.9 Å². The molecule has 0 radical (unpaired) electrons. The van der Waals surface area contributed by atoms with Gasteiger partial charge in [-0.25, -0.2) is 4.39 Å². The topological polar surface area (TPSA) is 21.3 Å². The summed E-state index contributed by atoms with van der Waals surface area (Å²) >= 11 is 3.37. The Balaban J connectivity index is 2.15. The number of nitrogens with one attached hydrogen (secondary N) is 1. The molecule has 1 aliphatic carbocycles. The van der Waals surface area contributed by atoms with Gasteiger partial charge in [-0.1, -0.05) is 36.7 Å². The quantitative estimate of drug-likeness (QED) is 0.819. The van der Waals surface area contributed by atoms with E-state index in [-0.39, 0.29) is 17.3 Å². The van der Waals surface area contributed by atoms with Gasteiger partial charge < -0.3 is 10.1 Å². The number of halogens is 2. The molecule has 2 atom stereocenters. The molecule has 0 spiro atoms. The lowest BCUT2D eigenvalue weighted by atomic mass is 9.58. The van der Waals surface area contributed by atoms with E-state index in [1.165, 1.54) is 6.07 Å². The number of hydrogen-bond acceptors (Lipinski definition) is 2. The Morgan fingerprint density at radius 1 is 1.35 bits per heavy atom. The van der Waals surface area contributed by atoms with Crippen LogP contribution in [0, 0.1) is 11.2 Å². The number of hydrogen-bond donors (Lipinski definition) is 1. The molecular formula is C16H23BrFNO. The average molecular weight is 344 g/mol. The van der Waals surface area contributed by atoms with Crippen LogP contribution >= 0.6 is 15.9 Å². The predicted octanol–water partition coefficient (Wildman–Crippen LogP) is 4.52. The minimum Gasteiger partial charge on any atom is -0.487 e. The largest absolute Gasteiger partial charge is 0.487 e. The molecular weight excluding hydrogens is 321 g/mol. The zero-order chi connectivity index (χ0) is 14.8. The molecule has 0 bridgehead atoms. The highest BCUT2D eigenvalue weighted by Gasteiger charge is 2.54. The zero-order valence-electron chi connectivity index (χ0n) is 12.4. The molecule has 0 heterocycles. The van der Waals surface area contributed by atoms with Gasteiger partial charge in [0.2, 0.25) is 0 Å². The predicted molar refractivity (Wildman–Crippen MR) is 83.6 cm³/mol. The van der Waals surface area contributed by atoms with Gasteiger partial charge in [0.05, 0.1) is 0 Å². The molecule has 0 saturated heterocycles. The smallest absolute Gasteiger partial charge is 0.165 e. The van der Waals surface area contributed by atoms with E-state index in [4.69, 9.17) is 4.74 Å². The second-order valence-electron chi connectivity index (χ2n) is 5.47. The normalized spacial score (nSPS) is 24.2. The lowest BCUT2D eigenvalue weighted by Crippen LogP contribution is -2.64. The van der Waals surface area contributed by atoms with Gasteiger partial charge in [0, 0.05) is 22.4 Å². The summed E-state index contributed by atoms with van der Waals surface area (Å²) in [5.74, 6) is 0.0619. The van der Waals surface area contributed by atoms with Crippen LogP contribution in [0.2, 0.25) is 0 Å². The lowest BCUT2D eigenvalue weighted by molar-refractivity contribution is -0.0868. The molecule has 0 amide bonds. The molecule has 0 aromatic heterocycles.